The molecule has 1 aromatic carbocycles. The van der Waals surface area contributed by atoms with Gasteiger partial charge in [-0.2, -0.15) is 0 Å². The molecule has 1 unspecified atom stereocenters. The topological polar surface area (TPSA) is 56.5 Å². The predicted molar refractivity (Wildman–Crippen MR) is 78.5 cm³/mol. The van der Waals surface area contributed by atoms with E-state index in [0.717, 1.165) is 30.0 Å². The Balaban J connectivity index is 1.91. The van der Waals surface area contributed by atoms with Crippen LogP contribution in [0.1, 0.15) is 43.2 Å². The number of aliphatic hydroxyl groups excluding tert-OH is 1. The van der Waals surface area contributed by atoms with Crippen molar-refractivity contribution < 1.29 is 14.6 Å². The largest absolute Gasteiger partial charge is 0.497 e. The van der Waals surface area contributed by atoms with E-state index in [1.54, 1.807) is 7.11 Å². The van der Waals surface area contributed by atoms with E-state index in [2.05, 4.69) is 16.5 Å². The van der Waals surface area contributed by atoms with Crippen LogP contribution in [0.5, 0.6) is 11.5 Å². The van der Waals surface area contributed by atoms with Gasteiger partial charge >= 0.3 is 0 Å². The maximum atomic E-state index is 10.4. The number of imidazole rings is 1. The maximum absolute atomic E-state index is 10.4. The van der Waals surface area contributed by atoms with Crippen LogP contribution in [0.15, 0.2) is 30.7 Å². The quantitative estimate of drug-likeness (QED) is 0.940. The molecule has 0 spiro atoms. The first-order valence-corrected chi connectivity index (χ1v) is 7.25. The number of hydrogen-bond donors (Lipinski definition) is 1. The Labute approximate surface area is 124 Å². The van der Waals surface area contributed by atoms with Crippen molar-refractivity contribution in [2.75, 3.05) is 7.11 Å². The van der Waals surface area contributed by atoms with Crippen LogP contribution in [0.2, 0.25) is 0 Å². The Hall–Kier alpha value is -2.01. The van der Waals surface area contributed by atoms with Crippen molar-refractivity contribution in [1.29, 1.82) is 0 Å². The fourth-order valence-electron chi connectivity index (χ4n) is 2.76. The Morgan fingerprint density at radius 3 is 3.10 bits per heavy atom. The van der Waals surface area contributed by atoms with Crippen LogP contribution in [0, 0.1) is 0 Å². The van der Waals surface area contributed by atoms with Crippen LogP contribution in [0.4, 0.5) is 0 Å². The highest BCUT2D eigenvalue weighted by molar-refractivity contribution is 5.43. The van der Waals surface area contributed by atoms with Gasteiger partial charge in [0.1, 0.15) is 17.6 Å². The second-order valence-electron chi connectivity index (χ2n) is 5.27. The number of nitrogens with zero attached hydrogens (tertiary/aromatic N) is 2. The number of hydrogen-bond acceptors (Lipinski definition) is 4. The molecule has 21 heavy (non-hydrogen) atoms. The smallest absolute Gasteiger partial charge is 0.143 e. The number of aliphatic hydroxyl groups is 1. The average molecular weight is 288 g/mol. The number of fused-ring (bicyclic) bond motifs is 1. The molecule has 0 saturated carbocycles. The third-order valence-corrected chi connectivity index (χ3v) is 3.83. The molecule has 0 amide bonds. The summed E-state index contributed by atoms with van der Waals surface area (Å²) < 4.78 is 13.4. The van der Waals surface area contributed by atoms with Gasteiger partial charge in [0, 0.05) is 24.6 Å². The van der Waals surface area contributed by atoms with Gasteiger partial charge < -0.3 is 19.1 Å². The molecule has 1 N–H and O–H groups in total. The molecule has 5 nitrogen and oxygen atoms in total. The zero-order chi connectivity index (χ0) is 14.8. The van der Waals surface area contributed by atoms with Crippen molar-refractivity contribution in [2.45, 2.75) is 38.5 Å². The zero-order valence-electron chi connectivity index (χ0n) is 12.3. The zero-order valence-corrected chi connectivity index (χ0v) is 12.3. The molecule has 2 aromatic rings. The first kappa shape index (κ1) is 13.9. The van der Waals surface area contributed by atoms with Gasteiger partial charge in [0.25, 0.3) is 0 Å². The summed E-state index contributed by atoms with van der Waals surface area (Å²) in [6.45, 7) is 3.02. The minimum Gasteiger partial charge on any atom is -0.497 e. The van der Waals surface area contributed by atoms with Crippen LogP contribution in [-0.4, -0.2) is 21.8 Å². The van der Waals surface area contributed by atoms with Crippen LogP contribution < -0.4 is 9.47 Å². The van der Waals surface area contributed by atoms with Gasteiger partial charge in [-0.15, -0.1) is 0 Å². The molecule has 1 aliphatic heterocycles. The number of aryl methyl sites for hydroxylation is 1. The average Bonchev–Trinajstić information content (AvgIpc) is 2.95. The van der Waals surface area contributed by atoms with Crippen molar-refractivity contribution >= 4 is 0 Å². The van der Waals surface area contributed by atoms with Gasteiger partial charge in [-0.3, -0.25) is 0 Å². The molecule has 112 valence electrons. The summed E-state index contributed by atoms with van der Waals surface area (Å²) in [6.07, 6.45) is 4.48. The van der Waals surface area contributed by atoms with E-state index in [9.17, 15) is 5.11 Å². The van der Waals surface area contributed by atoms with Crippen molar-refractivity contribution in [2.24, 2.45) is 0 Å². The Morgan fingerprint density at radius 1 is 1.48 bits per heavy atom. The highest BCUT2D eigenvalue weighted by Crippen LogP contribution is 2.42. The summed E-state index contributed by atoms with van der Waals surface area (Å²) >= 11 is 0. The molecule has 0 saturated heterocycles. The fourth-order valence-corrected chi connectivity index (χ4v) is 2.76. The van der Waals surface area contributed by atoms with Crippen LogP contribution in [0.3, 0.4) is 0 Å². The Kier molecular flexibility index (Phi) is 3.84. The van der Waals surface area contributed by atoms with Crippen LogP contribution in [0.25, 0.3) is 0 Å². The normalized spacial score (nSPS) is 20.7. The van der Waals surface area contributed by atoms with E-state index in [0.29, 0.717) is 12.2 Å². The third kappa shape index (κ3) is 2.61. The fraction of sp³-hybridized carbons (Fsp3) is 0.438. The molecule has 0 fully saturated rings. The Bertz CT molecular complexity index is 624. The lowest BCUT2D eigenvalue weighted by molar-refractivity contribution is 0.0616. The van der Waals surface area contributed by atoms with Crippen molar-refractivity contribution in [3.8, 4) is 11.5 Å². The molecule has 2 heterocycles. The summed E-state index contributed by atoms with van der Waals surface area (Å²) in [5.74, 6) is 1.41. The first-order chi connectivity index (χ1) is 10.2. The van der Waals surface area contributed by atoms with Gasteiger partial charge in [0.05, 0.1) is 31.4 Å². The lowest BCUT2D eigenvalue weighted by Crippen LogP contribution is -2.21. The summed E-state index contributed by atoms with van der Waals surface area (Å²) in [6, 6.07) is 5.52. The molecule has 0 aliphatic carbocycles. The second-order valence-corrected chi connectivity index (χ2v) is 5.27. The van der Waals surface area contributed by atoms with Gasteiger partial charge in [0.2, 0.25) is 0 Å². The summed E-state index contributed by atoms with van der Waals surface area (Å²) in [5.41, 5.74) is 1.82. The van der Waals surface area contributed by atoms with E-state index in [4.69, 9.17) is 9.47 Å². The van der Waals surface area contributed by atoms with Gasteiger partial charge in [-0.05, 0) is 18.6 Å². The molecular weight excluding hydrogens is 268 g/mol. The number of methoxy groups -OCH3 is 1. The molecule has 0 radical (unpaired) electrons. The van der Waals surface area contributed by atoms with E-state index < -0.39 is 6.10 Å². The molecule has 2 atom stereocenters. The van der Waals surface area contributed by atoms with Crippen LogP contribution >= 0.6 is 0 Å². The lowest BCUT2D eigenvalue weighted by atomic mass is 9.97. The Morgan fingerprint density at radius 2 is 2.33 bits per heavy atom. The van der Waals surface area contributed by atoms with Crippen molar-refractivity contribution in [3.05, 3.63) is 42.0 Å². The monoisotopic (exact) mass is 288 g/mol. The minimum atomic E-state index is -0.533. The van der Waals surface area contributed by atoms with E-state index in [1.807, 2.05) is 30.7 Å². The minimum absolute atomic E-state index is 0.186. The highest BCUT2D eigenvalue weighted by Gasteiger charge is 2.30. The number of aromatic nitrogens is 2. The van der Waals surface area contributed by atoms with Crippen molar-refractivity contribution in [1.82, 2.24) is 9.55 Å². The summed E-state index contributed by atoms with van der Waals surface area (Å²) in [7, 11) is 1.62. The van der Waals surface area contributed by atoms with Crippen LogP contribution in [-0.2, 0) is 6.54 Å². The number of benzene rings is 1. The molecule has 1 aliphatic rings. The van der Waals surface area contributed by atoms with Gasteiger partial charge in [0.15, 0.2) is 0 Å². The highest BCUT2D eigenvalue weighted by atomic mass is 16.5. The summed E-state index contributed by atoms with van der Waals surface area (Å²) in [5, 5.41) is 10.4. The molecule has 5 heteroatoms. The SMILES string of the molecule is CCCn1cncc1C1C[C@H](O)c2ccc(OC)cc2O1. The first-order valence-electron chi connectivity index (χ1n) is 7.25. The molecule has 3 rings (SSSR count). The van der Waals surface area contributed by atoms with Crippen molar-refractivity contribution in [3.63, 3.8) is 0 Å². The maximum Gasteiger partial charge on any atom is 0.143 e. The number of rotatable bonds is 4. The number of ether oxygens (including phenoxy) is 2. The predicted octanol–water partition coefficient (Wildman–Crippen LogP) is 2.86. The lowest BCUT2D eigenvalue weighted by Gasteiger charge is -2.30. The van der Waals surface area contributed by atoms with E-state index in [-0.39, 0.29) is 6.10 Å². The molecular formula is C16H20N2O3. The second kappa shape index (κ2) is 5.77. The van der Waals surface area contributed by atoms with E-state index >= 15 is 0 Å². The molecule has 0 bridgehead atoms. The molecule has 1 aromatic heterocycles. The van der Waals surface area contributed by atoms with Gasteiger partial charge in [-0.25, -0.2) is 4.98 Å². The van der Waals surface area contributed by atoms with Gasteiger partial charge in [-0.1, -0.05) is 6.92 Å². The third-order valence-electron chi connectivity index (χ3n) is 3.83. The summed E-state index contributed by atoms with van der Waals surface area (Å²) in [4.78, 5) is 4.21. The standard InChI is InChI=1S/C16H20N2O3/c1-3-6-18-10-17-9-13(18)16-8-14(19)12-5-4-11(20-2)7-15(12)21-16/h4-5,7,9-10,14,16,19H,3,6,8H2,1-2H3/t14-,16?/m0/s1. The van der Waals surface area contributed by atoms with E-state index in [1.165, 1.54) is 0 Å².